The zero-order valence-corrected chi connectivity index (χ0v) is 22.5. The van der Waals surface area contributed by atoms with Crippen molar-refractivity contribution in [1.82, 2.24) is 20.0 Å². The molecule has 4 aliphatic rings. The molecule has 0 aromatic heterocycles. The predicted molar refractivity (Wildman–Crippen MR) is 134 cm³/mol. The van der Waals surface area contributed by atoms with Crippen LogP contribution in [0.25, 0.3) is 0 Å². The first-order valence-electron chi connectivity index (χ1n) is 13.6. The summed E-state index contributed by atoms with van der Waals surface area (Å²) in [4.78, 5) is 57.1. The molecule has 216 valence electrons. The summed E-state index contributed by atoms with van der Waals surface area (Å²) in [5.41, 5.74) is -1.75. The van der Waals surface area contributed by atoms with Gasteiger partial charge >= 0.3 is 12.2 Å². The maximum atomic E-state index is 14.3. The number of alkyl halides is 3. The van der Waals surface area contributed by atoms with Crippen molar-refractivity contribution in [3.8, 4) is 0 Å². The second-order valence-electron chi connectivity index (χ2n) is 11.4. The van der Waals surface area contributed by atoms with Gasteiger partial charge in [0, 0.05) is 26.2 Å². The molecule has 1 N–H and O–H groups in total. The van der Waals surface area contributed by atoms with E-state index in [0.29, 0.717) is 6.08 Å². The maximum Gasteiger partial charge on any atom is 0.395 e. The fourth-order valence-corrected chi connectivity index (χ4v) is 6.27. The summed E-state index contributed by atoms with van der Waals surface area (Å²) in [5, 5.41) is 2.44. The van der Waals surface area contributed by atoms with Gasteiger partial charge in [-0.05, 0) is 44.1 Å². The van der Waals surface area contributed by atoms with Crippen molar-refractivity contribution in [3.05, 3.63) is 23.6 Å². The number of imide groups is 1. The van der Waals surface area contributed by atoms with Gasteiger partial charge in [-0.2, -0.15) is 13.2 Å². The van der Waals surface area contributed by atoms with Gasteiger partial charge in [-0.1, -0.05) is 39.2 Å². The van der Waals surface area contributed by atoms with Crippen LogP contribution in [-0.2, 0) is 14.4 Å². The molecule has 12 heteroatoms. The second kappa shape index (κ2) is 10.9. The Kier molecular flexibility index (Phi) is 8.14. The summed E-state index contributed by atoms with van der Waals surface area (Å²) in [6, 6.07) is -1.45. The fourth-order valence-electron chi connectivity index (χ4n) is 6.27. The first kappa shape index (κ1) is 29.1. The van der Waals surface area contributed by atoms with Crippen LogP contribution in [0, 0.1) is 11.8 Å². The van der Waals surface area contributed by atoms with Crippen LogP contribution >= 0.6 is 0 Å². The van der Waals surface area contributed by atoms with Crippen molar-refractivity contribution in [2.24, 2.45) is 11.8 Å². The lowest BCUT2D eigenvalue weighted by Crippen LogP contribution is -2.62. The molecule has 3 fully saturated rings. The number of likely N-dealkylation sites (N-methyl/N-ethyl adjacent to an activating group) is 1. The molecule has 2 aliphatic carbocycles. The van der Waals surface area contributed by atoms with Crippen LogP contribution in [0.2, 0.25) is 0 Å². The third-order valence-corrected chi connectivity index (χ3v) is 8.56. The SMILES string of the molecule is CC(C)[C@@H](NC(=O)C1=CC(C(F)(F)F)CC=C1F)C(=O)N1CCC2(CC1)C(=O)N(C)C(=O)N2C1CCCCC1. The molecule has 2 aliphatic heterocycles. The highest BCUT2D eigenvalue weighted by Gasteiger charge is 2.59. The van der Waals surface area contributed by atoms with Crippen molar-refractivity contribution in [3.63, 3.8) is 0 Å². The number of hydrogen-bond donors (Lipinski definition) is 1. The monoisotopic (exact) mass is 556 g/mol. The molecule has 8 nitrogen and oxygen atoms in total. The van der Waals surface area contributed by atoms with E-state index in [4.69, 9.17) is 0 Å². The number of rotatable bonds is 5. The van der Waals surface area contributed by atoms with E-state index < -0.39 is 59.2 Å². The maximum absolute atomic E-state index is 14.3. The number of nitrogens with zero attached hydrogens (tertiary/aromatic N) is 3. The van der Waals surface area contributed by atoms with E-state index in [-0.39, 0.29) is 43.9 Å². The Morgan fingerprint density at radius 1 is 1.08 bits per heavy atom. The minimum Gasteiger partial charge on any atom is -0.341 e. The number of amides is 5. The smallest absolute Gasteiger partial charge is 0.341 e. The molecule has 1 unspecified atom stereocenters. The largest absolute Gasteiger partial charge is 0.395 e. The van der Waals surface area contributed by atoms with Crippen LogP contribution in [0.4, 0.5) is 22.4 Å². The van der Waals surface area contributed by atoms with Crippen molar-refractivity contribution in [1.29, 1.82) is 0 Å². The van der Waals surface area contributed by atoms with E-state index in [9.17, 15) is 36.7 Å². The number of allylic oxidation sites excluding steroid dienone is 2. The van der Waals surface area contributed by atoms with E-state index in [2.05, 4.69) is 5.32 Å². The van der Waals surface area contributed by atoms with Gasteiger partial charge in [-0.25, -0.2) is 9.18 Å². The normalized spacial score (nSPS) is 25.2. The van der Waals surface area contributed by atoms with Crippen LogP contribution in [0.15, 0.2) is 23.6 Å². The van der Waals surface area contributed by atoms with Gasteiger partial charge in [-0.15, -0.1) is 0 Å². The lowest BCUT2D eigenvalue weighted by Gasteiger charge is -2.46. The zero-order valence-electron chi connectivity index (χ0n) is 22.5. The Hall–Kier alpha value is -2.92. The summed E-state index contributed by atoms with van der Waals surface area (Å²) < 4.78 is 53.9. The molecule has 2 saturated heterocycles. The van der Waals surface area contributed by atoms with Crippen molar-refractivity contribution in [2.75, 3.05) is 20.1 Å². The van der Waals surface area contributed by atoms with Crippen molar-refractivity contribution < 1.29 is 36.7 Å². The highest BCUT2D eigenvalue weighted by Crippen LogP contribution is 2.41. The van der Waals surface area contributed by atoms with E-state index in [0.717, 1.165) is 43.1 Å². The van der Waals surface area contributed by atoms with Crippen LogP contribution in [0.1, 0.15) is 65.2 Å². The number of hydrogen-bond acceptors (Lipinski definition) is 4. The minimum absolute atomic E-state index is 0.0302. The Morgan fingerprint density at radius 2 is 1.69 bits per heavy atom. The van der Waals surface area contributed by atoms with Crippen molar-refractivity contribution in [2.45, 2.75) is 89.0 Å². The third-order valence-electron chi connectivity index (χ3n) is 8.56. The summed E-state index contributed by atoms with van der Waals surface area (Å²) in [6.07, 6.45) is 1.29. The Morgan fingerprint density at radius 3 is 2.26 bits per heavy atom. The first-order valence-corrected chi connectivity index (χ1v) is 13.6. The molecule has 0 bridgehead atoms. The molecule has 1 spiro atoms. The minimum atomic E-state index is -4.63. The van der Waals surface area contributed by atoms with E-state index in [1.165, 1.54) is 11.9 Å². The standard InChI is InChI=1S/C27H36F4N4O4/c1-16(2)21(32-22(36)19-15-17(27(29,30)31)9-10-20(19)28)23(37)34-13-11-26(12-14-34)24(38)33(3)25(39)35(26)18-7-5-4-6-8-18/h10,15-18,21H,4-9,11-14H2,1-3H3,(H,32,36)/t17?,21-/m1/s1. The number of carbonyl (C=O) groups is 4. The number of piperidine rings is 1. The Labute approximate surface area is 225 Å². The average Bonchev–Trinajstić information content (AvgIpc) is 3.07. The van der Waals surface area contributed by atoms with Crippen LogP contribution in [0.3, 0.4) is 0 Å². The van der Waals surface area contributed by atoms with Gasteiger partial charge in [-0.3, -0.25) is 19.3 Å². The quantitative estimate of drug-likeness (QED) is 0.408. The van der Waals surface area contributed by atoms with Crippen LogP contribution in [-0.4, -0.2) is 82.4 Å². The van der Waals surface area contributed by atoms with Crippen molar-refractivity contribution >= 4 is 23.8 Å². The summed E-state index contributed by atoms with van der Waals surface area (Å²) in [6.45, 7) is 3.68. The molecular formula is C27H36F4N4O4. The molecule has 2 atom stereocenters. The second-order valence-corrected chi connectivity index (χ2v) is 11.4. The molecule has 5 amide bonds. The number of urea groups is 1. The number of nitrogens with one attached hydrogen (secondary N) is 1. The van der Waals surface area contributed by atoms with E-state index in [1.54, 1.807) is 18.7 Å². The first-order chi connectivity index (χ1) is 18.3. The number of carbonyl (C=O) groups excluding carboxylic acids is 4. The molecule has 39 heavy (non-hydrogen) atoms. The Balaban J connectivity index is 1.47. The molecule has 0 aromatic rings. The molecule has 0 aromatic carbocycles. The van der Waals surface area contributed by atoms with Gasteiger partial charge in [0.05, 0.1) is 11.5 Å². The van der Waals surface area contributed by atoms with Crippen LogP contribution < -0.4 is 5.32 Å². The average molecular weight is 557 g/mol. The summed E-state index contributed by atoms with van der Waals surface area (Å²) in [7, 11) is 1.48. The lowest BCUT2D eigenvalue weighted by atomic mass is 9.82. The topological polar surface area (TPSA) is 90.0 Å². The molecular weight excluding hydrogens is 520 g/mol. The highest BCUT2D eigenvalue weighted by molar-refractivity contribution is 6.07. The van der Waals surface area contributed by atoms with E-state index >= 15 is 0 Å². The van der Waals surface area contributed by atoms with Gasteiger partial charge in [0.25, 0.3) is 11.8 Å². The fraction of sp³-hybridized carbons (Fsp3) is 0.704. The van der Waals surface area contributed by atoms with E-state index in [1.807, 2.05) is 0 Å². The predicted octanol–water partition coefficient (Wildman–Crippen LogP) is 4.08. The molecule has 0 radical (unpaired) electrons. The van der Waals surface area contributed by atoms with Crippen LogP contribution in [0.5, 0.6) is 0 Å². The summed E-state index contributed by atoms with van der Waals surface area (Å²) >= 11 is 0. The molecule has 2 heterocycles. The van der Waals surface area contributed by atoms with Gasteiger partial charge in [0.2, 0.25) is 5.91 Å². The zero-order chi connectivity index (χ0) is 28.7. The molecule has 1 saturated carbocycles. The molecule has 4 rings (SSSR count). The van der Waals surface area contributed by atoms with Gasteiger partial charge in [0.1, 0.15) is 17.4 Å². The number of likely N-dealkylation sites (tertiary alicyclic amines) is 1. The Bertz CT molecular complexity index is 1070. The van der Waals surface area contributed by atoms with Gasteiger partial charge < -0.3 is 15.1 Å². The third kappa shape index (κ3) is 5.43. The summed E-state index contributed by atoms with van der Waals surface area (Å²) in [5.74, 6) is -5.30. The number of halogens is 4. The van der Waals surface area contributed by atoms with Gasteiger partial charge in [0.15, 0.2) is 0 Å². The highest BCUT2D eigenvalue weighted by atomic mass is 19.4. The lowest BCUT2D eigenvalue weighted by molar-refractivity contribution is -0.160.